The Hall–Kier alpha value is -1.65. The Kier molecular flexibility index (Phi) is 4.26. The fourth-order valence-corrected chi connectivity index (χ4v) is 3.58. The average Bonchev–Trinajstić information content (AvgIpc) is 2.48. The summed E-state index contributed by atoms with van der Waals surface area (Å²) in [5, 5.41) is 0. The highest BCUT2D eigenvalue weighted by Crippen LogP contribution is 2.26. The van der Waals surface area contributed by atoms with E-state index in [2.05, 4.69) is 4.72 Å². The Morgan fingerprint density at radius 2 is 1.45 bits per heavy atom. The van der Waals surface area contributed by atoms with Gasteiger partial charge in [0.1, 0.15) is 0 Å². The first-order valence-corrected chi connectivity index (χ1v) is 8.11. The van der Waals surface area contributed by atoms with Crippen LogP contribution in [0.5, 0.6) is 0 Å². The summed E-state index contributed by atoms with van der Waals surface area (Å²) < 4.78 is 27.8. The number of rotatable bonds is 5. The first-order chi connectivity index (χ1) is 9.48. The van der Waals surface area contributed by atoms with Crippen molar-refractivity contribution in [3.8, 4) is 0 Å². The van der Waals surface area contributed by atoms with E-state index in [0.717, 1.165) is 5.56 Å². The first kappa shape index (κ1) is 14.8. The standard InChI is InChI=1S/C16H19NO2S/c1-3-16(2,14-10-6-4-7-11-14)17-20(18,19)15-12-8-5-9-13-15/h4-13,17H,3H2,1-2H3/t16-/m0/s1. The Bertz CT molecular complexity index is 653. The van der Waals surface area contributed by atoms with Gasteiger partial charge in [-0.3, -0.25) is 0 Å². The van der Waals surface area contributed by atoms with Crippen LogP contribution in [0.1, 0.15) is 25.8 Å². The number of nitrogens with one attached hydrogen (secondary N) is 1. The second-order valence-electron chi connectivity index (χ2n) is 4.97. The number of hydrogen-bond donors (Lipinski definition) is 1. The van der Waals surface area contributed by atoms with Crippen molar-refractivity contribution >= 4 is 10.0 Å². The topological polar surface area (TPSA) is 46.2 Å². The molecule has 0 unspecified atom stereocenters. The van der Waals surface area contributed by atoms with Gasteiger partial charge in [-0.25, -0.2) is 13.1 Å². The first-order valence-electron chi connectivity index (χ1n) is 6.62. The molecular formula is C16H19NO2S. The summed E-state index contributed by atoms with van der Waals surface area (Å²) in [5.74, 6) is 0. The van der Waals surface area contributed by atoms with Gasteiger partial charge in [0, 0.05) is 0 Å². The van der Waals surface area contributed by atoms with Crippen molar-refractivity contribution in [1.82, 2.24) is 4.72 Å². The van der Waals surface area contributed by atoms with Gasteiger partial charge < -0.3 is 0 Å². The predicted octanol–water partition coefficient (Wildman–Crippen LogP) is 3.29. The van der Waals surface area contributed by atoms with Crippen LogP contribution in [0.3, 0.4) is 0 Å². The van der Waals surface area contributed by atoms with Crippen LogP contribution in [0.4, 0.5) is 0 Å². The van der Waals surface area contributed by atoms with Crippen molar-refractivity contribution in [2.75, 3.05) is 0 Å². The second-order valence-corrected chi connectivity index (χ2v) is 6.65. The van der Waals surface area contributed by atoms with E-state index in [1.807, 2.05) is 44.2 Å². The normalized spacial score (nSPS) is 14.7. The van der Waals surface area contributed by atoms with Gasteiger partial charge in [0.2, 0.25) is 10.0 Å². The Balaban J connectivity index is 2.36. The van der Waals surface area contributed by atoms with Gasteiger partial charge >= 0.3 is 0 Å². The molecule has 2 aromatic rings. The average molecular weight is 289 g/mol. The molecule has 1 N–H and O–H groups in total. The van der Waals surface area contributed by atoms with E-state index < -0.39 is 15.6 Å². The number of hydrogen-bond acceptors (Lipinski definition) is 2. The molecule has 0 bridgehead atoms. The second kappa shape index (κ2) is 5.77. The maximum atomic E-state index is 12.5. The lowest BCUT2D eigenvalue weighted by Crippen LogP contribution is -2.42. The zero-order valence-corrected chi connectivity index (χ0v) is 12.5. The van der Waals surface area contributed by atoms with Crippen molar-refractivity contribution in [1.29, 1.82) is 0 Å². The summed E-state index contributed by atoms with van der Waals surface area (Å²) >= 11 is 0. The van der Waals surface area contributed by atoms with Crippen LogP contribution in [0.25, 0.3) is 0 Å². The van der Waals surface area contributed by atoms with E-state index >= 15 is 0 Å². The van der Waals surface area contributed by atoms with Gasteiger partial charge in [-0.1, -0.05) is 55.5 Å². The molecule has 0 fully saturated rings. The zero-order chi connectivity index (χ0) is 14.6. The predicted molar refractivity (Wildman–Crippen MR) is 80.8 cm³/mol. The van der Waals surface area contributed by atoms with Gasteiger partial charge in [-0.05, 0) is 31.0 Å². The van der Waals surface area contributed by atoms with Crippen LogP contribution >= 0.6 is 0 Å². The van der Waals surface area contributed by atoms with Gasteiger partial charge in [0.05, 0.1) is 10.4 Å². The summed E-state index contributed by atoms with van der Waals surface area (Å²) in [4.78, 5) is 0.288. The third-order valence-corrected chi connectivity index (χ3v) is 5.14. The SMILES string of the molecule is CC[C@](C)(NS(=O)(=O)c1ccccc1)c1ccccc1. The van der Waals surface area contributed by atoms with Crippen LogP contribution < -0.4 is 4.72 Å². The van der Waals surface area contributed by atoms with Crippen molar-refractivity contribution in [2.45, 2.75) is 30.7 Å². The Morgan fingerprint density at radius 3 is 1.95 bits per heavy atom. The summed E-state index contributed by atoms with van der Waals surface area (Å²) in [6, 6.07) is 18.1. The van der Waals surface area contributed by atoms with Crippen LogP contribution in [-0.2, 0) is 15.6 Å². The summed E-state index contributed by atoms with van der Waals surface area (Å²) in [5.41, 5.74) is 0.345. The molecule has 0 aromatic heterocycles. The Morgan fingerprint density at radius 1 is 0.950 bits per heavy atom. The van der Waals surface area contributed by atoms with Crippen LogP contribution in [0.15, 0.2) is 65.6 Å². The van der Waals surface area contributed by atoms with E-state index in [9.17, 15) is 8.42 Å². The summed E-state index contributed by atoms with van der Waals surface area (Å²) in [6.45, 7) is 3.88. The monoisotopic (exact) mass is 289 g/mol. The molecule has 0 spiro atoms. The molecule has 4 heteroatoms. The highest BCUT2D eigenvalue weighted by molar-refractivity contribution is 7.89. The van der Waals surface area contributed by atoms with Crippen molar-refractivity contribution in [3.63, 3.8) is 0 Å². The zero-order valence-electron chi connectivity index (χ0n) is 11.7. The molecule has 0 aliphatic rings. The lowest BCUT2D eigenvalue weighted by atomic mass is 9.91. The largest absolute Gasteiger partial charge is 0.241 e. The molecule has 20 heavy (non-hydrogen) atoms. The molecule has 0 heterocycles. The van der Waals surface area contributed by atoms with Crippen LogP contribution in [0.2, 0.25) is 0 Å². The van der Waals surface area contributed by atoms with Gasteiger partial charge in [-0.2, -0.15) is 0 Å². The fourth-order valence-electron chi connectivity index (χ4n) is 2.10. The van der Waals surface area contributed by atoms with E-state index in [0.29, 0.717) is 6.42 Å². The quantitative estimate of drug-likeness (QED) is 0.918. The van der Waals surface area contributed by atoms with Gasteiger partial charge in [-0.15, -0.1) is 0 Å². The molecule has 2 aromatic carbocycles. The van der Waals surface area contributed by atoms with Gasteiger partial charge in [0.25, 0.3) is 0 Å². The van der Waals surface area contributed by atoms with Crippen LogP contribution in [-0.4, -0.2) is 8.42 Å². The van der Waals surface area contributed by atoms with E-state index in [4.69, 9.17) is 0 Å². The van der Waals surface area contributed by atoms with Gasteiger partial charge in [0.15, 0.2) is 0 Å². The van der Waals surface area contributed by atoms with Crippen molar-refractivity contribution in [3.05, 3.63) is 66.2 Å². The minimum Gasteiger partial charge on any atom is -0.207 e. The molecule has 2 rings (SSSR count). The molecular weight excluding hydrogens is 270 g/mol. The number of sulfonamides is 1. The third kappa shape index (κ3) is 3.08. The van der Waals surface area contributed by atoms with E-state index in [1.165, 1.54) is 0 Å². The molecule has 0 saturated carbocycles. The smallest absolute Gasteiger partial charge is 0.207 e. The highest BCUT2D eigenvalue weighted by Gasteiger charge is 2.30. The molecule has 0 aliphatic heterocycles. The lowest BCUT2D eigenvalue weighted by Gasteiger charge is -2.30. The van der Waals surface area contributed by atoms with E-state index in [1.54, 1.807) is 30.3 Å². The maximum Gasteiger partial charge on any atom is 0.241 e. The minimum atomic E-state index is -3.53. The number of benzene rings is 2. The van der Waals surface area contributed by atoms with E-state index in [-0.39, 0.29) is 4.90 Å². The summed E-state index contributed by atoms with van der Waals surface area (Å²) in [6.07, 6.45) is 0.670. The van der Waals surface area contributed by atoms with Crippen LogP contribution in [0, 0.1) is 0 Å². The molecule has 0 saturated heterocycles. The molecule has 1 atom stereocenters. The molecule has 0 radical (unpaired) electrons. The summed E-state index contributed by atoms with van der Waals surface area (Å²) in [7, 11) is -3.53. The minimum absolute atomic E-state index is 0.288. The van der Waals surface area contributed by atoms with Crippen molar-refractivity contribution in [2.24, 2.45) is 0 Å². The lowest BCUT2D eigenvalue weighted by molar-refractivity contribution is 0.417. The maximum absolute atomic E-state index is 12.5. The highest BCUT2D eigenvalue weighted by atomic mass is 32.2. The molecule has 0 amide bonds. The molecule has 106 valence electrons. The fraction of sp³-hybridized carbons (Fsp3) is 0.250. The Labute approximate surface area is 120 Å². The molecule has 3 nitrogen and oxygen atoms in total. The molecule has 0 aliphatic carbocycles. The third-order valence-electron chi connectivity index (χ3n) is 3.53. The van der Waals surface area contributed by atoms with Crippen molar-refractivity contribution < 1.29 is 8.42 Å².